The number of thiophene rings is 1. The second kappa shape index (κ2) is 10.1. The molecule has 0 spiro atoms. The molecule has 1 aliphatic rings. The van der Waals surface area contributed by atoms with Crippen LogP contribution in [0.15, 0.2) is 36.4 Å². The number of rotatable bonds is 9. The van der Waals surface area contributed by atoms with Gasteiger partial charge in [0.15, 0.2) is 24.2 Å². The number of carbonyl (C=O) groups excluding carboxylic acids is 2. The maximum atomic E-state index is 12.3. The van der Waals surface area contributed by atoms with Crippen LogP contribution in [0.2, 0.25) is 0 Å². The lowest BCUT2D eigenvalue weighted by Gasteiger charge is -2.29. The summed E-state index contributed by atoms with van der Waals surface area (Å²) in [5.74, 6) is 0.348. The molecular weight excluding hydrogens is 444 g/mol. The number of hydrogen-bond acceptors (Lipinski definition) is 8. The first kappa shape index (κ1) is 23.0. The van der Waals surface area contributed by atoms with Gasteiger partial charge in [0.25, 0.3) is 5.91 Å². The van der Waals surface area contributed by atoms with E-state index in [0.29, 0.717) is 35.9 Å². The number of likely N-dealkylation sites (N-methyl/N-ethyl adjacent to an activating group) is 1. The topological polar surface area (TPSA) is 111 Å². The number of hydrogen-bond donors (Lipinski definition) is 1. The minimum atomic E-state index is -3.25. The molecular formula is C20H24N2O7S2. The van der Waals surface area contributed by atoms with Gasteiger partial charge in [0.05, 0.1) is 12.8 Å². The molecule has 1 atom stereocenters. The van der Waals surface area contributed by atoms with Gasteiger partial charge in [-0.3, -0.25) is 4.79 Å². The number of ether oxygens (including phenoxy) is 3. The van der Waals surface area contributed by atoms with E-state index >= 15 is 0 Å². The van der Waals surface area contributed by atoms with Gasteiger partial charge in [-0.1, -0.05) is 12.1 Å². The maximum Gasteiger partial charge on any atom is 0.348 e. The van der Waals surface area contributed by atoms with Crippen LogP contribution in [0.25, 0.3) is 0 Å². The zero-order valence-corrected chi connectivity index (χ0v) is 18.8. The van der Waals surface area contributed by atoms with Gasteiger partial charge < -0.3 is 19.1 Å². The normalized spacial score (nSPS) is 15.4. The Morgan fingerprint density at radius 3 is 2.71 bits per heavy atom. The molecule has 9 nitrogen and oxygen atoms in total. The van der Waals surface area contributed by atoms with Gasteiger partial charge in [0.1, 0.15) is 11.5 Å². The Bertz CT molecular complexity index is 1040. The Kier molecular flexibility index (Phi) is 7.52. The highest BCUT2D eigenvalue weighted by Crippen LogP contribution is 2.30. The number of esters is 1. The standard InChI is InChI=1S/C20H24N2O7S2/c1-22(11-14-12-27-16-5-3-4-6-17(16)29-14)19(23)13-28-20(24)18-8-7-15(30-18)9-10-21-31(2,25)26/h3-8,14,21H,9-13H2,1-2H3. The summed E-state index contributed by atoms with van der Waals surface area (Å²) in [4.78, 5) is 27.2. The monoisotopic (exact) mass is 468 g/mol. The molecule has 1 amide bonds. The van der Waals surface area contributed by atoms with Gasteiger partial charge in [-0.2, -0.15) is 0 Å². The highest BCUT2D eigenvalue weighted by molar-refractivity contribution is 7.88. The molecule has 11 heteroatoms. The molecule has 0 bridgehead atoms. The quantitative estimate of drug-likeness (QED) is 0.552. The van der Waals surface area contributed by atoms with Gasteiger partial charge in [-0.25, -0.2) is 17.9 Å². The van der Waals surface area contributed by atoms with E-state index in [1.165, 1.54) is 16.2 Å². The van der Waals surface area contributed by atoms with Crippen molar-refractivity contribution in [1.29, 1.82) is 0 Å². The molecule has 168 valence electrons. The second-order valence-electron chi connectivity index (χ2n) is 7.03. The van der Waals surface area contributed by atoms with Crippen molar-refractivity contribution in [3.05, 3.63) is 46.2 Å². The van der Waals surface area contributed by atoms with Crippen LogP contribution in [0.3, 0.4) is 0 Å². The predicted octanol–water partition coefficient (Wildman–Crippen LogP) is 1.30. The number of nitrogens with one attached hydrogen (secondary N) is 1. The number of benzene rings is 1. The van der Waals surface area contributed by atoms with E-state index in [1.807, 2.05) is 18.2 Å². The molecule has 3 rings (SSSR count). The van der Waals surface area contributed by atoms with Gasteiger partial charge in [-0.15, -0.1) is 11.3 Å². The first-order valence-electron chi connectivity index (χ1n) is 9.54. The molecule has 0 fully saturated rings. The van der Waals surface area contributed by atoms with Crippen molar-refractivity contribution >= 4 is 33.2 Å². The molecule has 1 unspecified atom stereocenters. The van der Waals surface area contributed by atoms with E-state index in [2.05, 4.69) is 4.72 Å². The third kappa shape index (κ3) is 6.94. The lowest BCUT2D eigenvalue weighted by atomic mass is 10.2. The van der Waals surface area contributed by atoms with E-state index in [9.17, 15) is 18.0 Å². The Balaban J connectivity index is 1.42. The molecule has 2 aromatic rings. The fraction of sp³-hybridized carbons (Fsp3) is 0.400. The summed E-state index contributed by atoms with van der Waals surface area (Å²) in [5, 5.41) is 0. The Morgan fingerprint density at radius 1 is 1.23 bits per heavy atom. The largest absolute Gasteiger partial charge is 0.486 e. The van der Waals surface area contributed by atoms with E-state index in [4.69, 9.17) is 14.2 Å². The maximum absolute atomic E-state index is 12.3. The summed E-state index contributed by atoms with van der Waals surface area (Å²) < 4.78 is 41.2. The molecule has 0 saturated heterocycles. The molecule has 2 heterocycles. The van der Waals surface area contributed by atoms with Crippen LogP contribution in [-0.4, -0.2) is 70.9 Å². The molecule has 1 aliphatic heterocycles. The lowest BCUT2D eigenvalue weighted by Crippen LogP contribution is -2.43. The van der Waals surface area contributed by atoms with Crippen molar-refractivity contribution in [2.24, 2.45) is 0 Å². The second-order valence-corrected chi connectivity index (χ2v) is 10.0. The number of amides is 1. The third-order valence-electron chi connectivity index (χ3n) is 4.40. The van der Waals surface area contributed by atoms with Crippen molar-refractivity contribution in [3.63, 3.8) is 0 Å². The molecule has 0 saturated carbocycles. The van der Waals surface area contributed by atoms with Crippen molar-refractivity contribution in [3.8, 4) is 11.5 Å². The van der Waals surface area contributed by atoms with Gasteiger partial charge in [0.2, 0.25) is 10.0 Å². The minimum Gasteiger partial charge on any atom is -0.486 e. The Labute approximate surface area is 185 Å². The van der Waals surface area contributed by atoms with Gasteiger partial charge in [0, 0.05) is 18.5 Å². The first-order chi connectivity index (χ1) is 14.7. The van der Waals surface area contributed by atoms with E-state index < -0.39 is 16.0 Å². The molecule has 31 heavy (non-hydrogen) atoms. The predicted molar refractivity (Wildman–Crippen MR) is 115 cm³/mol. The van der Waals surface area contributed by atoms with Crippen LogP contribution in [0.4, 0.5) is 0 Å². The van der Waals surface area contributed by atoms with Crippen molar-refractivity contribution < 1.29 is 32.2 Å². The summed E-state index contributed by atoms with van der Waals surface area (Å²) in [7, 11) is -1.64. The number of sulfonamides is 1. The third-order valence-corrected chi connectivity index (χ3v) is 6.25. The van der Waals surface area contributed by atoms with Crippen LogP contribution >= 0.6 is 11.3 Å². The summed E-state index contributed by atoms with van der Waals surface area (Å²) in [6.45, 7) is 0.471. The molecule has 1 N–H and O–H groups in total. The smallest absolute Gasteiger partial charge is 0.348 e. The summed E-state index contributed by atoms with van der Waals surface area (Å²) in [6.07, 6.45) is 1.23. The van der Waals surface area contributed by atoms with Crippen LogP contribution in [0.1, 0.15) is 14.5 Å². The molecule has 0 radical (unpaired) electrons. The Hall–Kier alpha value is -2.63. The summed E-state index contributed by atoms with van der Waals surface area (Å²) in [5.41, 5.74) is 0. The van der Waals surface area contributed by atoms with Crippen molar-refractivity contribution in [1.82, 2.24) is 9.62 Å². The average molecular weight is 469 g/mol. The lowest BCUT2D eigenvalue weighted by molar-refractivity contribution is -0.134. The van der Waals surface area contributed by atoms with E-state index in [-0.39, 0.29) is 25.2 Å². The van der Waals surface area contributed by atoms with Crippen LogP contribution in [0.5, 0.6) is 11.5 Å². The highest BCUT2D eigenvalue weighted by atomic mass is 32.2. The zero-order chi connectivity index (χ0) is 22.4. The summed E-state index contributed by atoms with van der Waals surface area (Å²) in [6, 6.07) is 10.7. The van der Waals surface area contributed by atoms with Gasteiger partial charge >= 0.3 is 5.97 Å². The average Bonchev–Trinajstić information content (AvgIpc) is 3.19. The summed E-state index contributed by atoms with van der Waals surface area (Å²) >= 11 is 1.20. The number of fused-ring (bicyclic) bond motifs is 1. The van der Waals surface area contributed by atoms with Crippen molar-refractivity contribution in [2.75, 3.05) is 39.6 Å². The number of nitrogens with zero attached hydrogens (tertiary/aromatic N) is 1. The highest BCUT2D eigenvalue weighted by Gasteiger charge is 2.24. The van der Waals surface area contributed by atoms with Crippen LogP contribution < -0.4 is 14.2 Å². The minimum absolute atomic E-state index is 0.245. The SMILES string of the molecule is CN(CC1COc2ccccc2O1)C(=O)COC(=O)c1ccc(CCNS(C)(=O)=O)s1. The Morgan fingerprint density at radius 2 is 1.97 bits per heavy atom. The van der Waals surface area contributed by atoms with Crippen LogP contribution in [0, 0.1) is 0 Å². The van der Waals surface area contributed by atoms with Gasteiger partial charge in [-0.05, 0) is 30.7 Å². The molecule has 1 aromatic carbocycles. The molecule has 1 aromatic heterocycles. The fourth-order valence-corrected chi connectivity index (χ4v) is 4.22. The number of para-hydroxylation sites is 2. The van der Waals surface area contributed by atoms with Crippen LogP contribution in [-0.2, 0) is 26.0 Å². The van der Waals surface area contributed by atoms with E-state index in [1.54, 1.807) is 25.2 Å². The number of carbonyl (C=O) groups is 2. The fourth-order valence-electron chi connectivity index (χ4n) is 2.85. The zero-order valence-electron chi connectivity index (χ0n) is 17.2. The molecule has 0 aliphatic carbocycles. The first-order valence-corrected chi connectivity index (χ1v) is 12.2. The van der Waals surface area contributed by atoms with Crippen molar-refractivity contribution in [2.45, 2.75) is 12.5 Å². The van der Waals surface area contributed by atoms with E-state index in [0.717, 1.165) is 11.1 Å².